The van der Waals surface area contributed by atoms with Crippen LogP contribution >= 0.6 is 0 Å². The van der Waals surface area contributed by atoms with Gasteiger partial charge in [0.25, 0.3) is 0 Å². The largest absolute Gasteiger partial charge is 0.307 e. The highest BCUT2D eigenvalue weighted by atomic mass is 14.7. The summed E-state index contributed by atoms with van der Waals surface area (Å²) in [7, 11) is 0. The van der Waals surface area contributed by atoms with Crippen LogP contribution in [0.4, 0.5) is 5.69 Å². The van der Waals surface area contributed by atoms with Crippen LogP contribution in [0, 0.1) is 5.41 Å². The highest BCUT2D eigenvalue weighted by molar-refractivity contribution is 6.15. The normalized spacial score (nSPS) is 11.3. The topological polar surface area (TPSA) is 36.2 Å². The number of unbranched alkanes of at least 4 members (excludes halogenated alkanes) is 2. The summed E-state index contributed by atoms with van der Waals surface area (Å²) < 4.78 is 0. The Balaban J connectivity index is 2.91. The number of rotatable bonds is 11. The van der Waals surface area contributed by atoms with Gasteiger partial charge >= 0.3 is 0 Å². The SMILES string of the molecule is CCCCc1c(CC)c(CCCC)c(N=CC=N)c(-c2ccccc2)c1CC. The monoisotopic (exact) mass is 376 g/mol. The fourth-order valence-electron chi connectivity index (χ4n) is 4.22. The van der Waals surface area contributed by atoms with Crippen molar-refractivity contribution in [1.29, 1.82) is 5.41 Å². The molecule has 0 saturated heterocycles. The van der Waals surface area contributed by atoms with Crippen molar-refractivity contribution in [3.8, 4) is 11.1 Å². The maximum Gasteiger partial charge on any atom is 0.0746 e. The van der Waals surface area contributed by atoms with Gasteiger partial charge in [-0.1, -0.05) is 70.9 Å². The van der Waals surface area contributed by atoms with Crippen LogP contribution in [0.15, 0.2) is 35.3 Å². The number of hydrogen-bond donors (Lipinski definition) is 1. The van der Waals surface area contributed by atoms with Gasteiger partial charge in [0, 0.05) is 18.0 Å². The van der Waals surface area contributed by atoms with Gasteiger partial charge in [0.2, 0.25) is 0 Å². The Hall–Kier alpha value is -2.22. The fourth-order valence-corrected chi connectivity index (χ4v) is 4.22. The van der Waals surface area contributed by atoms with E-state index in [2.05, 4.69) is 58.0 Å². The van der Waals surface area contributed by atoms with E-state index in [-0.39, 0.29) is 0 Å². The zero-order chi connectivity index (χ0) is 20.4. The molecule has 2 rings (SSSR count). The Morgan fingerprint density at radius 3 is 1.93 bits per heavy atom. The van der Waals surface area contributed by atoms with Crippen LogP contribution in [0.3, 0.4) is 0 Å². The maximum atomic E-state index is 7.49. The van der Waals surface area contributed by atoms with Crippen LogP contribution in [0.25, 0.3) is 11.1 Å². The molecule has 0 bridgehead atoms. The molecule has 0 aliphatic rings. The predicted molar refractivity (Wildman–Crippen MR) is 125 cm³/mol. The molecule has 0 aromatic heterocycles. The lowest BCUT2D eigenvalue weighted by Gasteiger charge is -2.25. The average molecular weight is 377 g/mol. The predicted octanol–water partition coefficient (Wildman–Crippen LogP) is 7.52. The van der Waals surface area contributed by atoms with Gasteiger partial charge in [-0.15, -0.1) is 0 Å². The van der Waals surface area contributed by atoms with Crippen LogP contribution in [0.2, 0.25) is 0 Å². The van der Waals surface area contributed by atoms with E-state index < -0.39 is 0 Å². The van der Waals surface area contributed by atoms with Gasteiger partial charge in [-0.3, -0.25) is 4.99 Å². The van der Waals surface area contributed by atoms with Gasteiger partial charge in [0.05, 0.1) is 5.69 Å². The number of aliphatic imine (C=N–C) groups is 1. The second kappa shape index (κ2) is 11.6. The third-order valence-corrected chi connectivity index (χ3v) is 5.53. The minimum atomic E-state index is 1.01. The molecule has 2 aromatic carbocycles. The van der Waals surface area contributed by atoms with E-state index in [1.165, 1.54) is 59.7 Å². The smallest absolute Gasteiger partial charge is 0.0746 e. The second-order valence-electron chi connectivity index (χ2n) is 7.36. The van der Waals surface area contributed by atoms with Crippen LogP contribution in [0.5, 0.6) is 0 Å². The van der Waals surface area contributed by atoms with E-state index in [9.17, 15) is 0 Å². The number of nitrogens with zero attached hydrogens (tertiary/aromatic N) is 1. The summed E-state index contributed by atoms with van der Waals surface area (Å²) in [6, 6.07) is 10.7. The Morgan fingerprint density at radius 2 is 1.39 bits per heavy atom. The van der Waals surface area contributed by atoms with E-state index in [1.807, 2.05) is 0 Å². The molecule has 2 aromatic rings. The summed E-state index contributed by atoms with van der Waals surface area (Å²) in [5.41, 5.74) is 9.56. The number of hydrogen-bond acceptors (Lipinski definition) is 2. The number of nitrogens with one attached hydrogen (secondary N) is 1. The summed E-state index contributed by atoms with van der Waals surface area (Å²) in [4.78, 5) is 4.82. The standard InChI is InChI=1S/C26H36N2/c1-5-9-16-23-21(7-3)24(17-10-6-2)26(28-19-18-27)25(22(23)8-4)20-14-12-11-13-15-20/h11-15,18-19,27H,5-10,16-17H2,1-4H3. The molecule has 1 N–H and O–H groups in total. The zero-order valence-corrected chi connectivity index (χ0v) is 18.1. The number of benzene rings is 2. The lowest BCUT2D eigenvalue weighted by molar-refractivity contribution is 0.760. The van der Waals surface area contributed by atoms with Gasteiger partial charge < -0.3 is 5.41 Å². The molecule has 0 spiro atoms. The third kappa shape index (κ3) is 4.98. The van der Waals surface area contributed by atoms with Gasteiger partial charge in [-0.05, 0) is 66.3 Å². The van der Waals surface area contributed by atoms with E-state index in [0.717, 1.165) is 31.4 Å². The lowest BCUT2D eigenvalue weighted by Crippen LogP contribution is -2.08. The minimum Gasteiger partial charge on any atom is -0.307 e. The van der Waals surface area contributed by atoms with Crippen molar-refractivity contribution in [2.24, 2.45) is 4.99 Å². The molecule has 0 aliphatic carbocycles. The average Bonchev–Trinajstić information content (AvgIpc) is 2.74. The van der Waals surface area contributed by atoms with Crippen LogP contribution < -0.4 is 0 Å². The van der Waals surface area contributed by atoms with Gasteiger partial charge in [0.15, 0.2) is 0 Å². The van der Waals surface area contributed by atoms with Crippen molar-refractivity contribution >= 4 is 18.1 Å². The summed E-state index contributed by atoms with van der Waals surface area (Å²) in [5.74, 6) is 0. The van der Waals surface area contributed by atoms with Crippen molar-refractivity contribution in [3.05, 3.63) is 52.6 Å². The summed E-state index contributed by atoms with van der Waals surface area (Å²) >= 11 is 0. The Morgan fingerprint density at radius 1 is 0.786 bits per heavy atom. The highest BCUT2D eigenvalue weighted by Crippen LogP contribution is 2.43. The first-order valence-corrected chi connectivity index (χ1v) is 11.0. The van der Waals surface area contributed by atoms with Crippen LogP contribution in [0.1, 0.15) is 75.6 Å². The van der Waals surface area contributed by atoms with Crippen molar-refractivity contribution in [3.63, 3.8) is 0 Å². The molecule has 0 heterocycles. The zero-order valence-electron chi connectivity index (χ0n) is 18.1. The molecule has 0 amide bonds. The van der Waals surface area contributed by atoms with E-state index in [4.69, 9.17) is 10.4 Å². The molecule has 28 heavy (non-hydrogen) atoms. The maximum absolute atomic E-state index is 7.49. The summed E-state index contributed by atoms with van der Waals surface area (Å²) in [6.07, 6.45) is 12.0. The van der Waals surface area contributed by atoms with Gasteiger partial charge in [-0.2, -0.15) is 0 Å². The molecular formula is C26H36N2. The van der Waals surface area contributed by atoms with Crippen molar-refractivity contribution < 1.29 is 0 Å². The molecular weight excluding hydrogens is 340 g/mol. The highest BCUT2D eigenvalue weighted by Gasteiger charge is 2.22. The minimum absolute atomic E-state index is 1.01. The van der Waals surface area contributed by atoms with Crippen LogP contribution in [-0.4, -0.2) is 12.4 Å². The van der Waals surface area contributed by atoms with E-state index in [0.29, 0.717) is 0 Å². The van der Waals surface area contributed by atoms with E-state index in [1.54, 1.807) is 11.8 Å². The Bertz CT molecular complexity index is 788. The molecule has 0 fully saturated rings. The fraction of sp³-hybridized carbons (Fsp3) is 0.462. The molecule has 150 valence electrons. The lowest BCUT2D eigenvalue weighted by atomic mass is 9.81. The first kappa shape index (κ1) is 22.1. The molecule has 2 heteroatoms. The van der Waals surface area contributed by atoms with Crippen molar-refractivity contribution in [2.45, 2.75) is 79.1 Å². The van der Waals surface area contributed by atoms with Gasteiger partial charge in [0.1, 0.15) is 0 Å². The molecule has 0 unspecified atom stereocenters. The summed E-state index contributed by atoms with van der Waals surface area (Å²) in [5, 5.41) is 7.49. The first-order chi connectivity index (χ1) is 13.7. The Labute approximate surface area is 171 Å². The third-order valence-electron chi connectivity index (χ3n) is 5.53. The van der Waals surface area contributed by atoms with Crippen molar-refractivity contribution in [1.82, 2.24) is 0 Å². The summed E-state index contributed by atoms with van der Waals surface area (Å²) in [6.45, 7) is 9.08. The van der Waals surface area contributed by atoms with Gasteiger partial charge in [-0.25, -0.2) is 0 Å². The Kier molecular flexibility index (Phi) is 9.13. The molecule has 2 nitrogen and oxygen atoms in total. The molecule has 0 atom stereocenters. The van der Waals surface area contributed by atoms with Crippen LogP contribution in [-0.2, 0) is 25.7 Å². The first-order valence-electron chi connectivity index (χ1n) is 11.0. The molecule has 0 radical (unpaired) electrons. The quantitative estimate of drug-likeness (QED) is 0.394. The molecule has 0 saturated carbocycles. The second-order valence-corrected chi connectivity index (χ2v) is 7.36. The molecule has 0 aliphatic heterocycles. The van der Waals surface area contributed by atoms with E-state index >= 15 is 0 Å². The van der Waals surface area contributed by atoms with Crippen molar-refractivity contribution in [2.75, 3.05) is 0 Å².